The highest BCUT2D eigenvalue weighted by Gasteiger charge is 2.18. The van der Waals surface area contributed by atoms with Gasteiger partial charge in [0.1, 0.15) is 11.5 Å². The predicted molar refractivity (Wildman–Crippen MR) is 84.3 cm³/mol. The summed E-state index contributed by atoms with van der Waals surface area (Å²) < 4.78 is 6.03. The summed E-state index contributed by atoms with van der Waals surface area (Å²) in [7, 11) is 0. The quantitative estimate of drug-likeness (QED) is 0.869. The van der Waals surface area contributed by atoms with Gasteiger partial charge >= 0.3 is 0 Å². The van der Waals surface area contributed by atoms with Gasteiger partial charge in [-0.25, -0.2) is 0 Å². The normalized spacial score (nSPS) is 13.1. The lowest BCUT2D eigenvalue weighted by molar-refractivity contribution is 0.455. The van der Waals surface area contributed by atoms with E-state index in [1.165, 1.54) is 5.56 Å². The van der Waals surface area contributed by atoms with E-state index in [-0.39, 0.29) is 11.5 Å². The zero-order valence-corrected chi connectivity index (χ0v) is 12.7. The molecule has 2 nitrogen and oxygen atoms in total. The summed E-state index contributed by atoms with van der Waals surface area (Å²) in [4.78, 5) is 0. The molecular weight excluding hydrogens is 246 g/mol. The highest BCUT2D eigenvalue weighted by atomic mass is 16.5. The van der Waals surface area contributed by atoms with Crippen LogP contribution < -0.4 is 10.5 Å². The zero-order valence-electron chi connectivity index (χ0n) is 12.7. The first kappa shape index (κ1) is 14.6. The molecule has 0 saturated heterocycles. The second-order valence-corrected chi connectivity index (χ2v) is 6.21. The Hall–Kier alpha value is -1.80. The van der Waals surface area contributed by atoms with E-state index >= 15 is 0 Å². The first-order chi connectivity index (χ1) is 9.38. The summed E-state index contributed by atoms with van der Waals surface area (Å²) in [6.07, 6.45) is 0. The Labute approximate surface area is 121 Å². The molecule has 2 N–H and O–H groups in total. The third-order valence-electron chi connectivity index (χ3n) is 3.33. The number of hydrogen-bond acceptors (Lipinski definition) is 2. The first-order valence-corrected chi connectivity index (χ1v) is 7.01. The number of nitrogens with two attached hydrogens (primary N) is 1. The summed E-state index contributed by atoms with van der Waals surface area (Å²) in [6, 6.07) is 16.2. The Morgan fingerprint density at radius 1 is 0.950 bits per heavy atom. The topological polar surface area (TPSA) is 35.2 Å². The van der Waals surface area contributed by atoms with Crippen molar-refractivity contribution in [1.82, 2.24) is 0 Å². The molecule has 0 saturated carbocycles. The monoisotopic (exact) mass is 269 g/mol. The van der Waals surface area contributed by atoms with E-state index < -0.39 is 0 Å². The fourth-order valence-corrected chi connectivity index (χ4v) is 2.14. The molecule has 0 aliphatic rings. The zero-order chi connectivity index (χ0) is 14.8. The van der Waals surface area contributed by atoms with Crippen molar-refractivity contribution in [2.24, 2.45) is 5.73 Å². The molecule has 2 aromatic rings. The lowest BCUT2D eigenvalue weighted by atomic mass is 9.86. The Kier molecular flexibility index (Phi) is 4.15. The molecule has 0 bridgehead atoms. The summed E-state index contributed by atoms with van der Waals surface area (Å²) in [5, 5.41) is 0. The molecule has 2 aromatic carbocycles. The van der Waals surface area contributed by atoms with E-state index in [1.807, 2.05) is 49.4 Å². The number of hydrogen-bond donors (Lipinski definition) is 1. The summed E-state index contributed by atoms with van der Waals surface area (Å²) in [5.41, 5.74) is 8.23. The minimum Gasteiger partial charge on any atom is -0.457 e. The third kappa shape index (κ3) is 3.40. The summed E-state index contributed by atoms with van der Waals surface area (Å²) >= 11 is 0. The van der Waals surface area contributed by atoms with Crippen molar-refractivity contribution in [1.29, 1.82) is 0 Å². The van der Waals surface area contributed by atoms with Crippen molar-refractivity contribution >= 4 is 0 Å². The van der Waals surface area contributed by atoms with E-state index in [0.29, 0.717) is 0 Å². The Morgan fingerprint density at radius 3 is 2.10 bits per heavy atom. The third-order valence-corrected chi connectivity index (χ3v) is 3.33. The standard InChI is InChI=1S/C18H23NO/c1-13(19)14-9-11-15(12-10-14)20-17-8-6-5-7-16(17)18(2,3)4/h5-13H,19H2,1-4H3/t13-/m0/s1. The maximum Gasteiger partial charge on any atom is 0.131 e. The van der Waals surface area contributed by atoms with Crippen LogP contribution >= 0.6 is 0 Å². The molecule has 2 heteroatoms. The van der Waals surface area contributed by atoms with Crippen LogP contribution in [-0.4, -0.2) is 0 Å². The van der Waals surface area contributed by atoms with Crippen molar-refractivity contribution in [2.45, 2.75) is 39.2 Å². The van der Waals surface area contributed by atoms with E-state index in [0.717, 1.165) is 17.1 Å². The number of benzene rings is 2. The van der Waals surface area contributed by atoms with Crippen molar-refractivity contribution in [3.05, 3.63) is 59.7 Å². The van der Waals surface area contributed by atoms with Crippen LogP contribution in [0.2, 0.25) is 0 Å². The van der Waals surface area contributed by atoms with Crippen LogP contribution in [-0.2, 0) is 5.41 Å². The molecular formula is C18H23NO. The predicted octanol–water partition coefficient (Wildman–Crippen LogP) is 4.80. The van der Waals surface area contributed by atoms with Gasteiger partial charge in [0.2, 0.25) is 0 Å². The summed E-state index contributed by atoms with van der Waals surface area (Å²) in [6.45, 7) is 8.54. The van der Waals surface area contributed by atoms with Crippen LogP contribution in [0.1, 0.15) is 44.9 Å². The van der Waals surface area contributed by atoms with Crippen LogP contribution in [0.3, 0.4) is 0 Å². The van der Waals surface area contributed by atoms with Crippen LogP contribution in [0.25, 0.3) is 0 Å². The average molecular weight is 269 g/mol. The second-order valence-electron chi connectivity index (χ2n) is 6.21. The molecule has 1 atom stereocenters. The van der Waals surface area contributed by atoms with Gasteiger partial charge in [-0.15, -0.1) is 0 Å². The van der Waals surface area contributed by atoms with Crippen molar-refractivity contribution in [3.63, 3.8) is 0 Å². The van der Waals surface area contributed by atoms with Crippen LogP contribution in [0.4, 0.5) is 0 Å². The highest BCUT2D eigenvalue weighted by Crippen LogP contribution is 2.34. The average Bonchev–Trinajstić information content (AvgIpc) is 2.38. The lowest BCUT2D eigenvalue weighted by Crippen LogP contribution is -2.12. The molecule has 0 spiro atoms. The maximum absolute atomic E-state index is 6.03. The molecule has 20 heavy (non-hydrogen) atoms. The van der Waals surface area contributed by atoms with Gasteiger partial charge in [0, 0.05) is 11.6 Å². The number of para-hydroxylation sites is 1. The van der Waals surface area contributed by atoms with Gasteiger partial charge in [0.15, 0.2) is 0 Å². The van der Waals surface area contributed by atoms with Gasteiger partial charge in [0.25, 0.3) is 0 Å². The fraction of sp³-hybridized carbons (Fsp3) is 0.333. The van der Waals surface area contributed by atoms with Crippen LogP contribution in [0.15, 0.2) is 48.5 Å². The van der Waals surface area contributed by atoms with Crippen molar-refractivity contribution < 1.29 is 4.74 Å². The van der Waals surface area contributed by atoms with Gasteiger partial charge in [-0.1, -0.05) is 51.1 Å². The van der Waals surface area contributed by atoms with Gasteiger partial charge in [0.05, 0.1) is 0 Å². The molecule has 0 amide bonds. The minimum atomic E-state index is 0.0471. The maximum atomic E-state index is 6.03. The molecule has 106 valence electrons. The smallest absolute Gasteiger partial charge is 0.131 e. The highest BCUT2D eigenvalue weighted by molar-refractivity contribution is 5.42. The molecule has 0 aliphatic heterocycles. The van der Waals surface area contributed by atoms with Crippen LogP contribution in [0, 0.1) is 0 Å². The molecule has 0 unspecified atom stereocenters. The Bertz CT molecular complexity index is 565. The van der Waals surface area contributed by atoms with Gasteiger partial charge < -0.3 is 10.5 Å². The SMILES string of the molecule is C[C@H](N)c1ccc(Oc2ccccc2C(C)(C)C)cc1. The first-order valence-electron chi connectivity index (χ1n) is 7.01. The largest absolute Gasteiger partial charge is 0.457 e. The molecule has 2 rings (SSSR count). The van der Waals surface area contributed by atoms with Gasteiger partial charge in [-0.05, 0) is 36.1 Å². The van der Waals surface area contributed by atoms with E-state index in [9.17, 15) is 0 Å². The number of ether oxygens (including phenoxy) is 1. The number of rotatable bonds is 3. The van der Waals surface area contributed by atoms with Gasteiger partial charge in [-0.3, -0.25) is 0 Å². The minimum absolute atomic E-state index is 0.0471. The fourth-order valence-electron chi connectivity index (χ4n) is 2.14. The molecule has 0 aliphatic carbocycles. The Balaban J connectivity index is 2.26. The van der Waals surface area contributed by atoms with Crippen molar-refractivity contribution in [3.8, 4) is 11.5 Å². The molecule has 0 fully saturated rings. The lowest BCUT2D eigenvalue weighted by Gasteiger charge is -2.22. The second kappa shape index (κ2) is 5.68. The van der Waals surface area contributed by atoms with Crippen molar-refractivity contribution in [2.75, 3.05) is 0 Å². The molecule has 0 aromatic heterocycles. The summed E-state index contributed by atoms with van der Waals surface area (Å²) in [5.74, 6) is 1.75. The molecule has 0 heterocycles. The van der Waals surface area contributed by atoms with E-state index in [1.54, 1.807) is 0 Å². The molecule has 0 radical (unpaired) electrons. The Morgan fingerprint density at radius 2 is 1.55 bits per heavy atom. The van der Waals surface area contributed by atoms with E-state index in [2.05, 4.69) is 26.8 Å². The van der Waals surface area contributed by atoms with Crippen LogP contribution in [0.5, 0.6) is 11.5 Å². The van der Waals surface area contributed by atoms with Gasteiger partial charge in [-0.2, -0.15) is 0 Å². The van der Waals surface area contributed by atoms with E-state index in [4.69, 9.17) is 10.5 Å².